The summed E-state index contributed by atoms with van der Waals surface area (Å²) in [4.78, 5) is 26.3. The maximum absolute atomic E-state index is 13.6. The summed E-state index contributed by atoms with van der Waals surface area (Å²) in [6.07, 6.45) is 1.36. The molecular weight excluding hydrogens is 327 g/mol. The number of amides is 2. The van der Waals surface area contributed by atoms with E-state index in [4.69, 9.17) is 0 Å². The van der Waals surface area contributed by atoms with E-state index >= 15 is 0 Å². The molecule has 0 aromatic heterocycles. The number of halogens is 1. The summed E-state index contributed by atoms with van der Waals surface area (Å²) in [6.45, 7) is 0.662. The normalized spacial score (nSPS) is 14.0. The molecule has 0 aliphatic carbocycles. The van der Waals surface area contributed by atoms with Crippen molar-refractivity contribution in [3.05, 3.63) is 54.3 Å². The van der Waals surface area contributed by atoms with Crippen molar-refractivity contribution in [3.8, 4) is 0 Å². The van der Waals surface area contributed by atoms with Crippen molar-refractivity contribution in [2.24, 2.45) is 0 Å². The van der Waals surface area contributed by atoms with Gasteiger partial charge in [-0.3, -0.25) is 9.59 Å². The zero-order valence-electron chi connectivity index (χ0n) is 13.0. The Hall–Kier alpha value is -2.34. The van der Waals surface area contributed by atoms with Gasteiger partial charge in [0, 0.05) is 17.9 Å². The molecule has 0 atom stereocenters. The largest absolute Gasteiger partial charge is 0.324 e. The van der Waals surface area contributed by atoms with Crippen LogP contribution in [0.4, 0.5) is 15.8 Å². The quantitative estimate of drug-likeness (QED) is 0.842. The van der Waals surface area contributed by atoms with E-state index < -0.39 is 0 Å². The Labute approximate surface area is 144 Å². The van der Waals surface area contributed by atoms with Crippen LogP contribution >= 0.6 is 11.8 Å². The molecular formula is C18H17FN2O2S. The molecule has 2 aromatic rings. The van der Waals surface area contributed by atoms with Gasteiger partial charge >= 0.3 is 0 Å². The summed E-state index contributed by atoms with van der Waals surface area (Å²) < 4.78 is 13.6. The number of rotatable bonds is 5. The second-order valence-electron chi connectivity index (χ2n) is 5.43. The van der Waals surface area contributed by atoms with Crippen molar-refractivity contribution >= 4 is 35.0 Å². The molecule has 2 amide bonds. The Kier molecular flexibility index (Phi) is 5.15. The van der Waals surface area contributed by atoms with Gasteiger partial charge in [0.2, 0.25) is 11.8 Å². The van der Waals surface area contributed by atoms with Crippen LogP contribution in [-0.4, -0.2) is 24.1 Å². The molecule has 124 valence electrons. The van der Waals surface area contributed by atoms with Crippen LogP contribution in [0.5, 0.6) is 0 Å². The smallest absolute Gasteiger partial charge is 0.234 e. The fraction of sp³-hybridized carbons (Fsp3) is 0.222. The van der Waals surface area contributed by atoms with E-state index in [1.807, 2.05) is 18.2 Å². The number of nitrogens with zero attached hydrogens (tertiary/aromatic N) is 1. The molecule has 0 spiro atoms. The lowest BCUT2D eigenvalue weighted by Crippen LogP contribution is -2.26. The van der Waals surface area contributed by atoms with E-state index in [1.165, 1.54) is 6.07 Å². The van der Waals surface area contributed by atoms with E-state index in [0.717, 1.165) is 18.2 Å². The van der Waals surface area contributed by atoms with Crippen molar-refractivity contribution in [1.82, 2.24) is 0 Å². The second kappa shape index (κ2) is 7.49. The fourth-order valence-electron chi connectivity index (χ4n) is 2.61. The minimum atomic E-state index is -0.335. The molecule has 0 saturated carbocycles. The van der Waals surface area contributed by atoms with Gasteiger partial charge < -0.3 is 10.2 Å². The molecule has 0 bridgehead atoms. The highest BCUT2D eigenvalue weighted by Crippen LogP contribution is 2.29. The zero-order chi connectivity index (χ0) is 16.9. The first kappa shape index (κ1) is 16.5. The standard InChI is InChI=1S/C18H17FN2O2S/c19-13-6-1-4-9-16(13)24-12-17(22)20-14-7-2-3-8-15(14)21-11-5-10-18(21)23/h1-4,6-9H,5,10-12H2,(H,20,22). The molecule has 1 aliphatic rings. The average molecular weight is 344 g/mol. The third kappa shape index (κ3) is 3.76. The van der Waals surface area contributed by atoms with Crippen molar-refractivity contribution < 1.29 is 14.0 Å². The van der Waals surface area contributed by atoms with Crippen molar-refractivity contribution in [1.29, 1.82) is 0 Å². The number of carbonyl (C=O) groups excluding carboxylic acids is 2. The van der Waals surface area contributed by atoms with Gasteiger partial charge in [0.1, 0.15) is 5.82 Å². The second-order valence-corrected chi connectivity index (χ2v) is 6.45. The van der Waals surface area contributed by atoms with E-state index in [2.05, 4.69) is 5.32 Å². The van der Waals surface area contributed by atoms with Gasteiger partial charge in [-0.05, 0) is 30.7 Å². The van der Waals surface area contributed by atoms with E-state index in [-0.39, 0.29) is 23.4 Å². The van der Waals surface area contributed by atoms with Crippen LogP contribution in [0.3, 0.4) is 0 Å². The fourth-order valence-corrected chi connectivity index (χ4v) is 3.35. The van der Waals surface area contributed by atoms with Crippen LogP contribution in [0.2, 0.25) is 0 Å². The van der Waals surface area contributed by atoms with Crippen molar-refractivity contribution in [2.75, 3.05) is 22.5 Å². The third-order valence-corrected chi connectivity index (χ3v) is 4.79. The highest BCUT2D eigenvalue weighted by Gasteiger charge is 2.24. The number of benzene rings is 2. The minimum absolute atomic E-state index is 0.0671. The van der Waals surface area contributed by atoms with Crippen molar-refractivity contribution in [3.63, 3.8) is 0 Å². The first-order valence-corrected chi connectivity index (χ1v) is 8.70. The summed E-state index contributed by atoms with van der Waals surface area (Å²) >= 11 is 1.15. The number of nitrogens with one attached hydrogen (secondary N) is 1. The maximum Gasteiger partial charge on any atom is 0.234 e. The molecule has 1 saturated heterocycles. The van der Waals surface area contributed by atoms with Gasteiger partial charge in [0.05, 0.1) is 17.1 Å². The molecule has 1 heterocycles. The van der Waals surface area contributed by atoms with Gasteiger partial charge in [-0.2, -0.15) is 0 Å². The number of anilines is 2. The predicted octanol–water partition coefficient (Wildman–Crippen LogP) is 3.68. The van der Waals surface area contributed by atoms with Crippen LogP contribution in [0.15, 0.2) is 53.4 Å². The molecule has 0 unspecified atom stereocenters. The summed E-state index contributed by atoms with van der Waals surface area (Å²) in [5, 5.41) is 2.82. The lowest BCUT2D eigenvalue weighted by atomic mass is 10.2. The molecule has 2 aromatic carbocycles. The van der Waals surface area contributed by atoms with E-state index in [9.17, 15) is 14.0 Å². The van der Waals surface area contributed by atoms with Gasteiger partial charge in [0.25, 0.3) is 0 Å². The van der Waals surface area contributed by atoms with Crippen LogP contribution in [0.1, 0.15) is 12.8 Å². The van der Waals surface area contributed by atoms with E-state index in [1.54, 1.807) is 29.2 Å². The SMILES string of the molecule is O=C(CSc1ccccc1F)Nc1ccccc1N1CCCC1=O. The highest BCUT2D eigenvalue weighted by molar-refractivity contribution is 8.00. The summed E-state index contributed by atoms with van der Waals surface area (Å²) in [5.74, 6) is -0.401. The number of thioether (sulfide) groups is 1. The van der Waals surface area contributed by atoms with Crippen LogP contribution in [-0.2, 0) is 9.59 Å². The predicted molar refractivity (Wildman–Crippen MR) is 93.8 cm³/mol. The summed E-state index contributed by atoms with van der Waals surface area (Å²) in [5.41, 5.74) is 1.32. The van der Waals surface area contributed by atoms with E-state index in [0.29, 0.717) is 29.2 Å². The minimum Gasteiger partial charge on any atom is -0.324 e. The number of para-hydroxylation sites is 2. The summed E-state index contributed by atoms with van der Waals surface area (Å²) in [7, 11) is 0. The number of hydrogen-bond acceptors (Lipinski definition) is 3. The molecule has 1 N–H and O–H groups in total. The van der Waals surface area contributed by atoms with Gasteiger partial charge in [-0.15, -0.1) is 11.8 Å². The molecule has 6 heteroatoms. The first-order valence-electron chi connectivity index (χ1n) is 7.72. The van der Waals surface area contributed by atoms with Gasteiger partial charge in [-0.25, -0.2) is 4.39 Å². The molecule has 3 rings (SSSR count). The Balaban J connectivity index is 1.66. The zero-order valence-corrected chi connectivity index (χ0v) is 13.8. The molecule has 24 heavy (non-hydrogen) atoms. The molecule has 1 aliphatic heterocycles. The maximum atomic E-state index is 13.6. The molecule has 0 radical (unpaired) electrons. The number of hydrogen-bond donors (Lipinski definition) is 1. The van der Waals surface area contributed by atoms with Crippen LogP contribution < -0.4 is 10.2 Å². The third-order valence-electron chi connectivity index (χ3n) is 3.74. The van der Waals surface area contributed by atoms with Gasteiger partial charge in [0.15, 0.2) is 0 Å². The first-order chi connectivity index (χ1) is 11.6. The number of carbonyl (C=O) groups is 2. The van der Waals surface area contributed by atoms with Crippen LogP contribution in [0, 0.1) is 5.82 Å². The average Bonchev–Trinajstić information content (AvgIpc) is 3.00. The monoisotopic (exact) mass is 344 g/mol. The van der Waals surface area contributed by atoms with Crippen molar-refractivity contribution in [2.45, 2.75) is 17.7 Å². The van der Waals surface area contributed by atoms with Gasteiger partial charge in [-0.1, -0.05) is 24.3 Å². The Morgan fingerprint density at radius 3 is 2.67 bits per heavy atom. The topological polar surface area (TPSA) is 49.4 Å². The molecule has 4 nitrogen and oxygen atoms in total. The lowest BCUT2D eigenvalue weighted by molar-refractivity contribution is -0.117. The Bertz CT molecular complexity index is 766. The Morgan fingerprint density at radius 1 is 1.17 bits per heavy atom. The van der Waals surface area contributed by atoms with Crippen LogP contribution in [0.25, 0.3) is 0 Å². The lowest BCUT2D eigenvalue weighted by Gasteiger charge is -2.19. The molecule has 1 fully saturated rings. The Morgan fingerprint density at radius 2 is 1.92 bits per heavy atom. The highest BCUT2D eigenvalue weighted by atomic mass is 32.2. The summed E-state index contributed by atoms with van der Waals surface area (Å²) in [6, 6.07) is 13.6.